The zero-order valence-corrected chi connectivity index (χ0v) is 9.51. The maximum Gasteiger partial charge on any atom is 0.326 e. The first-order valence-corrected chi connectivity index (χ1v) is 5.42. The molecule has 0 atom stereocenters. The zero-order valence-electron chi connectivity index (χ0n) is 9.51. The molecule has 1 saturated heterocycles. The van der Waals surface area contributed by atoms with Crippen LogP contribution in [0.25, 0.3) is 0 Å². The van der Waals surface area contributed by atoms with Gasteiger partial charge >= 0.3 is 5.69 Å². The maximum atomic E-state index is 12.0. The molecule has 8 nitrogen and oxygen atoms in total. The van der Waals surface area contributed by atoms with Crippen molar-refractivity contribution in [1.29, 1.82) is 0 Å². The molecular weight excluding hydrogens is 240 g/mol. The molecule has 0 aliphatic carbocycles. The van der Waals surface area contributed by atoms with E-state index in [2.05, 4.69) is 4.98 Å². The monoisotopic (exact) mass is 252 g/mol. The van der Waals surface area contributed by atoms with Gasteiger partial charge in [-0.1, -0.05) is 0 Å². The summed E-state index contributed by atoms with van der Waals surface area (Å²) in [6.45, 7) is 1.66. The largest absolute Gasteiger partial charge is 0.342 e. The van der Waals surface area contributed by atoms with Crippen molar-refractivity contribution in [3.63, 3.8) is 0 Å². The first-order chi connectivity index (χ1) is 8.60. The average Bonchev–Trinajstić information content (AvgIpc) is 2.37. The number of carbonyl (C=O) groups excluding carboxylic acids is 2. The number of hydrogen-bond donors (Lipinski definition) is 2. The van der Waals surface area contributed by atoms with Gasteiger partial charge in [-0.15, -0.1) is 0 Å². The van der Waals surface area contributed by atoms with Gasteiger partial charge in [-0.25, -0.2) is 4.79 Å². The Kier molecular flexibility index (Phi) is 3.26. The molecule has 8 heteroatoms. The zero-order chi connectivity index (χ0) is 13.1. The third-order valence-electron chi connectivity index (χ3n) is 2.74. The highest BCUT2D eigenvalue weighted by Gasteiger charge is 2.22. The fourth-order valence-corrected chi connectivity index (χ4v) is 1.78. The second kappa shape index (κ2) is 4.86. The van der Waals surface area contributed by atoms with Gasteiger partial charge in [0, 0.05) is 32.2 Å². The lowest BCUT2D eigenvalue weighted by Crippen LogP contribution is -2.48. The first kappa shape index (κ1) is 12.1. The SMILES string of the molecule is O=CN1CCN(C(=O)c2cc(=O)[nH]c(=O)[nH]2)CC1. The third kappa shape index (κ3) is 2.47. The summed E-state index contributed by atoms with van der Waals surface area (Å²) in [5.74, 6) is -0.413. The van der Waals surface area contributed by atoms with Gasteiger partial charge in [-0.2, -0.15) is 0 Å². The molecular formula is C10H12N4O4. The minimum atomic E-state index is -0.711. The molecule has 2 heterocycles. The molecule has 18 heavy (non-hydrogen) atoms. The molecule has 0 radical (unpaired) electrons. The molecule has 2 amide bonds. The van der Waals surface area contributed by atoms with Gasteiger partial charge < -0.3 is 14.8 Å². The topological polar surface area (TPSA) is 106 Å². The van der Waals surface area contributed by atoms with E-state index in [9.17, 15) is 19.2 Å². The number of piperazine rings is 1. The van der Waals surface area contributed by atoms with E-state index < -0.39 is 17.2 Å². The van der Waals surface area contributed by atoms with Crippen molar-refractivity contribution >= 4 is 12.3 Å². The van der Waals surface area contributed by atoms with Gasteiger partial charge in [-0.3, -0.25) is 19.4 Å². The van der Waals surface area contributed by atoms with Crippen LogP contribution in [0, 0.1) is 0 Å². The highest BCUT2D eigenvalue weighted by molar-refractivity contribution is 5.92. The standard InChI is InChI=1S/C10H12N4O4/c15-6-13-1-3-14(4-2-13)9(17)7-5-8(16)12-10(18)11-7/h5-6H,1-4H2,(H2,11,12,16,18). The lowest BCUT2D eigenvalue weighted by atomic mass is 10.3. The van der Waals surface area contributed by atoms with E-state index in [1.807, 2.05) is 4.98 Å². The van der Waals surface area contributed by atoms with Crippen LogP contribution in [0.2, 0.25) is 0 Å². The summed E-state index contributed by atoms with van der Waals surface area (Å²) in [4.78, 5) is 52.0. The third-order valence-corrected chi connectivity index (χ3v) is 2.74. The number of carbonyl (C=O) groups is 2. The molecule has 1 aliphatic rings. The normalized spacial score (nSPS) is 15.6. The van der Waals surface area contributed by atoms with Crippen LogP contribution in [0.15, 0.2) is 15.7 Å². The van der Waals surface area contributed by atoms with Crippen molar-refractivity contribution in [3.8, 4) is 0 Å². The summed E-state index contributed by atoms with van der Waals surface area (Å²) in [5, 5.41) is 0. The second-order valence-electron chi connectivity index (χ2n) is 3.93. The number of amides is 2. The van der Waals surface area contributed by atoms with Gasteiger partial charge in [0.05, 0.1) is 0 Å². The fraction of sp³-hybridized carbons (Fsp3) is 0.400. The summed E-state index contributed by atoms with van der Waals surface area (Å²) < 4.78 is 0. The van der Waals surface area contributed by atoms with Gasteiger partial charge in [0.15, 0.2) is 0 Å². The van der Waals surface area contributed by atoms with Gasteiger partial charge in [0.25, 0.3) is 11.5 Å². The quantitative estimate of drug-likeness (QED) is 0.592. The molecule has 0 bridgehead atoms. The molecule has 1 aliphatic heterocycles. The number of rotatable bonds is 2. The van der Waals surface area contributed by atoms with E-state index in [-0.39, 0.29) is 5.69 Å². The Bertz CT molecular complexity index is 539. The molecule has 2 rings (SSSR count). The minimum Gasteiger partial charge on any atom is -0.342 e. The highest BCUT2D eigenvalue weighted by atomic mass is 16.2. The van der Waals surface area contributed by atoms with Crippen molar-refractivity contribution in [1.82, 2.24) is 19.8 Å². The molecule has 1 aromatic rings. The molecule has 2 N–H and O–H groups in total. The molecule has 0 saturated carbocycles. The van der Waals surface area contributed by atoms with E-state index in [1.165, 1.54) is 4.90 Å². The van der Waals surface area contributed by atoms with E-state index in [0.717, 1.165) is 12.5 Å². The number of aromatic nitrogens is 2. The van der Waals surface area contributed by atoms with E-state index in [1.54, 1.807) is 4.90 Å². The molecule has 1 aromatic heterocycles. The van der Waals surface area contributed by atoms with Crippen LogP contribution < -0.4 is 11.2 Å². The Hall–Kier alpha value is -2.38. The van der Waals surface area contributed by atoms with E-state index in [4.69, 9.17) is 0 Å². The van der Waals surface area contributed by atoms with Crippen molar-refractivity contribution in [2.45, 2.75) is 0 Å². The van der Waals surface area contributed by atoms with Crippen molar-refractivity contribution in [2.24, 2.45) is 0 Å². The second-order valence-corrected chi connectivity index (χ2v) is 3.93. The Morgan fingerprint density at radius 1 is 1.17 bits per heavy atom. The lowest BCUT2D eigenvalue weighted by Gasteiger charge is -2.32. The predicted molar refractivity (Wildman–Crippen MR) is 61.2 cm³/mol. The summed E-state index contributed by atoms with van der Waals surface area (Å²) in [6.07, 6.45) is 0.733. The van der Waals surface area contributed by atoms with Gasteiger partial charge in [0.2, 0.25) is 6.41 Å². The predicted octanol–water partition coefficient (Wildman–Crippen LogP) is -2.02. The van der Waals surface area contributed by atoms with Crippen LogP contribution in [0.1, 0.15) is 10.5 Å². The van der Waals surface area contributed by atoms with E-state index in [0.29, 0.717) is 26.2 Å². The fourth-order valence-electron chi connectivity index (χ4n) is 1.78. The first-order valence-electron chi connectivity index (χ1n) is 5.42. The average molecular weight is 252 g/mol. The number of aromatic amines is 2. The Morgan fingerprint density at radius 3 is 2.39 bits per heavy atom. The van der Waals surface area contributed by atoms with Gasteiger partial charge in [-0.05, 0) is 0 Å². The van der Waals surface area contributed by atoms with E-state index >= 15 is 0 Å². The molecule has 0 aromatic carbocycles. The number of H-pyrrole nitrogens is 2. The van der Waals surface area contributed by atoms with Crippen LogP contribution in [0.4, 0.5) is 0 Å². The molecule has 0 spiro atoms. The van der Waals surface area contributed by atoms with Crippen molar-refractivity contribution in [2.75, 3.05) is 26.2 Å². The van der Waals surface area contributed by atoms with Gasteiger partial charge in [0.1, 0.15) is 5.69 Å². The molecule has 1 fully saturated rings. The van der Waals surface area contributed by atoms with Crippen LogP contribution in [0.3, 0.4) is 0 Å². The summed E-state index contributed by atoms with van der Waals surface area (Å²) in [7, 11) is 0. The minimum absolute atomic E-state index is 0.0386. The van der Waals surface area contributed by atoms with Crippen LogP contribution in [-0.4, -0.2) is 58.3 Å². The van der Waals surface area contributed by atoms with Crippen molar-refractivity contribution in [3.05, 3.63) is 32.6 Å². The molecule has 0 unspecified atom stereocenters. The number of nitrogens with zero attached hydrogens (tertiary/aromatic N) is 2. The summed E-state index contributed by atoms with van der Waals surface area (Å²) in [5.41, 5.74) is -1.37. The Morgan fingerprint density at radius 2 is 1.83 bits per heavy atom. The molecule has 96 valence electrons. The lowest BCUT2D eigenvalue weighted by molar-refractivity contribution is -0.119. The van der Waals surface area contributed by atoms with Crippen LogP contribution in [-0.2, 0) is 4.79 Å². The highest BCUT2D eigenvalue weighted by Crippen LogP contribution is 2.03. The number of hydrogen-bond acceptors (Lipinski definition) is 4. The Balaban J connectivity index is 2.15. The summed E-state index contributed by atoms with van der Waals surface area (Å²) in [6, 6.07) is 1.05. The van der Waals surface area contributed by atoms with Crippen molar-refractivity contribution < 1.29 is 9.59 Å². The smallest absolute Gasteiger partial charge is 0.326 e. The van der Waals surface area contributed by atoms with Crippen LogP contribution in [0.5, 0.6) is 0 Å². The number of nitrogens with one attached hydrogen (secondary N) is 2. The summed E-state index contributed by atoms with van der Waals surface area (Å²) >= 11 is 0. The maximum absolute atomic E-state index is 12.0. The van der Waals surface area contributed by atoms with Crippen LogP contribution >= 0.6 is 0 Å². The Labute approximate surface area is 101 Å².